The van der Waals surface area contributed by atoms with Gasteiger partial charge < -0.3 is 9.47 Å². The smallest absolute Gasteiger partial charge is 0.411 e. The highest BCUT2D eigenvalue weighted by Gasteiger charge is 2.72. The highest BCUT2D eigenvalue weighted by Crippen LogP contribution is 2.66. The number of fused-ring (bicyclic) bond motifs is 4. The second kappa shape index (κ2) is 5.50. The molecule has 5 atom stereocenters. The molecular formula is C21H30ClNO4. The maximum atomic E-state index is 13.8. The molecule has 0 N–H and O–H groups in total. The number of carbonyl (C=O) groups excluding carboxylic acids is 2. The van der Waals surface area contributed by atoms with Gasteiger partial charge in [0.2, 0.25) is 0 Å². The summed E-state index contributed by atoms with van der Waals surface area (Å²) in [6.45, 7) is 12.7. The number of hydrogen-bond donors (Lipinski definition) is 0. The molecule has 150 valence electrons. The number of hydrogen-bond acceptors (Lipinski definition) is 4. The van der Waals surface area contributed by atoms with Gasteiger partial charge in [0.15, 0.2) is 5.78 Å². The van der Waals surface area contributed by atoms with E-state index in [1.54, 1.807) is 4.90 Å². The van der Waals surface area contributed by atoms with Crippen LogP contribution in [-0.2, 0) is 14.3 Å². The van der Waals surface area contributed by atoms with Crippen LogP contribution in [0.3, 0.4) is 0 Å². The molecule has 1 saturated carbocycles. The van der Waals surface area contributed by atoms with Crippen LogP contribution < -0.4 is 0 Å². The number of halogens is 1. The fourth-order valence-electron chi connectivity index (χ4n) is 5.63. The molecule has 27 heavy (non-hydrogen) atoms. The summed E-state index contributed by atoms with van der Waals surface area (Å²) >= 11 is 6.48. The summed E-state index contributed by atoms with van der Waals surface area (Å²) in [5.41, 5.74) is -1.57. The highest BCUT2D eigenvalue weighted by atomic mass is 35.5. The SMILES string of the molecule is CC(C)(C)OC(=O)N1[C@@H]2C(Cl)=C[C@H]1C[C@@H]2C(=O)[C@]12CC[C@](C)(CO1)C2(C)C. The molecule has 0 radical (unpaired) electrons. The van der Waals surface area contributed by atoms with Crippen LogP contribution in [0.2, 0.25) is 0 Å². The van der Waals surface area contributed by atoms with Gasteiger partial charge in [-0.1, -0.05) is 32.4 Å². The van der Waals surface area contributed by atoms with Gasteiger partial charge in [-0.25, -0.2) is 4.79 Å². The molecule has 6 heteroatoms. The lowest BCUT2D eigenvalue weighted by molar-refractivity contribution is -0.152. The lowest BCUT2D eigenvalue weighted by Gasteiger charge is -2.40. The van der Waals surface area contributed by atoms with E-state index in [2.05, 4.69) is 20.8 Å². The third kappa shape index (κ3) is 2.40. The summed E-state index contributed by atoms with van der Waals surface area (Å²) in [6.07, 6.45) is 3.82. The Balaban J connectivity index is 1.62. The quantitative estimate of drug-likeness (QED) is 0.700. The Hall–Kier alpha value is -1.07. The standard InChI is InChI=1S/C21H30ClNO4/c1-18(2,3)27-17(25)23-12-9-13(15(23)14(22)10-12)16(24)21-8-7-20(6,11-26-21)19(21,4)5/h10,12-13,15H,7-9,11H2,1-6H3/t12-,13+,15+,20-,21+/m1/s1. The first-order valence-electron chi connectivity index (χ1n) is 9.90. The molecule has 3 aliphatic heterocycles. The summed E-state index contributed by atoms with van der Waals surface area (Å²) < 4.78 is 11.8. The Kier molecular flexibility index (Phi) is 3.93. The lowest BCUT2D eigenvalue weighted by atomic mass is 9.63. The normalized spacial score (nSPS) is 41.8. The molecule has 3 heterocycles. The first-order chi connectivity index (χ1) is 12.3. The van der Waals surface area contributed by atoms with Crippen molar-refractivity contribution in [2.24, 2.45) is 16.7 Å². The van der Waals surface area contributed by atoms with Crippen LogP contribution in [0.5, 0.6) is 0 Å². The Morgan fingerprint density at radius 1 is 1.26 bits per heavy atom. The third-order valence-corrected chi connectivity index (χ3v) is 8.04. The summed E-state index contributed by atoms with van der Waals surface area (Å²) in [7, 11) is 0. The van der Waals surface area contributed by atoms with E-state index in [1.165, 1.54) is 0 Å². The van der Waals surface area contributed by atoms with Crippen molar-refractivity contribution in [1.82, 2.24) is 4.90 Å². The second-order valence-corrected chi connectivity index (χ2v) is 10.9. The van der Waals surface area contributed by atoms with Gasteiger partial charge in [-0.2, -0.15) is 0 Å². The van der Waals surface area contributed by atoms with Crippen LogP contribution >= 0.6 is 11.6 Å². The number of rotatable bonds is 2. The van der Waals surface area contributed by atoms with Gasteiger partial charge in [-0.3, -0.25) is 9.69 Å². The van der Waals surface area contributed by atoms with Crippen LogP contribution in [0.15, 0.2) is 11.1 Å². The predicted molar refractivity (Wildman–Crippen MR) is 103 cm³/mol. The predicted octanol–water partition coefficient (Wildman–Crippen LogP) is 4.28. The van der Waals surface area contributed by atoms with Crippen LogP contribution in [0.1, 0.15) is 60.8 Å². The van der Waals surface area contributed by atoms with Gasteiger partial charge in [0.05, 0.1) is 18.7 Å². The molecule has 5 nitrogen and oxygen atoms in total. The number of ether oxygens (including phenoxy) is 2. The van der Waals surface area contributed by atoms with E-state index in [1.807, 2.05) is 26.8 Å². The summed E-state index contributed by atoms with van der Waals surface area (Å²) in [4.78, 5) is 28.2. The minimum absolute atomic E-state index is 0.0186. The number of ketones is 1. The zero-order valence-electron chi connectivity index (χ0n) is 17.1. The van der Waals surface area contributed by atoms with E-state index in [0.717, 1.165) is 12.8 Å². The van der Waals surface area contributed by atoms with E-state index in [4.69, 9.17) is 21.1 Å². The highest BCUT2D eigenvalue weighted by molar-refractivity contribution is 6.31. The fourth-order valence-corrected chi connectivity index (χ4v) is 6.03. The molecule has 4 bridgehead atoms. The molecular weight excluding hydrogens is 366 g/mol. The van der Waals surface area contributed by atoms with Gasteiger partial charge >= 0.3 is 6.09 Å². The first kappa shape index (κ1) is 19.3. The molecule has 4 rings (SSSR count). The number of carbonyl (C=O) groups is 2. The summed E-state index contributed by atoms with van der Waals surface area (Å²) in [5.74, 6) is -0.222. The molecule has 1 amide bonds. The van der Waals surface area contributed by atoms with Crippen LogP contribution in [0.4, 0.5) is 4.79 Å². The van der Waals surface area contributed by atoms with Crippen molar-refractivity contribution in [3.8, 4) is 0 Å². The van der Waals surface area contributed by atoms with Crippen LogP contribution in [0, 0.1) is 16.7 Å². The van der Waals surface area contributed by atoms with Gasteiger partial charge in [0.1, 0.15) is 11.2 Å². The molecule has 0 aromatic carbocycles. The van der Waals surface area contributed by atoms with Crippen molar-refractivity contribution < 1.29 is 19.1 Å². The second-order valence-electron chi connectivity index (χ2n) is 10.5. The number of Topliss-reactive ketones (excluding diaryl/α,β-unsaturated/α-hetero) is 1. The van der Waals surface area contributed by atoms with E-state index in [-0.39, 0.29) is 28.6 Å². The van der Waals surface area contributed by atoms with Gasteiger partial charge in [-0.05, 0) is 51.5 Å². The Morgan fingerprint density at radius 2 is 1.93 bits per heavy atom. The van der Waals surface area contributed by atoms with Crippen molar-refractivity contribution in [1.29, 1.82) is 0 Å². The third-order valence-electron chi connectivity index (χ3n) is 7.69. The molecule has 3 fully saturated rings. The maximum Gasteiger partial charge on any atom is 0.411 e. The largest absolute Gasteiger partial charge is 0.444 e. The van der Waals surface area contributed by atoms with E-state index >= 15 is 0 Å². The average Bonchev–Trinajstić information content (AvgIpc) is 3.17. The fraction of sp³-hybridized carbons (Fsp3) is 0.810. The molecule has 0 aromatic heterocycles. The van der Waals surface area contributed by atoms with Crippen molar-refractivity contribution in [2.45, 2.75) is 84.1 Å². The summed E-state index contributed by atoms with van der Waals surface area (Å²) in [5, 5.41) is 0.573. The molecule has 2 saturated heterocycles. The molecule has 1 aliphatic carbocycles. The van der Waals surface area contributed by atoms with Crippen LogP contribution in [0.25, 0.3) is 0 Å². The molecule has 0 spiro atoms. The van der Waals surface area contributed by atoms with Gasteiger partial charge in [-0.15, -0.1) is 0 Å². The molecule has 0 unspecified atom stereocenters. The minimum Gasteiger partial charge on any atom is -0.444 e. The van der Waals surface area contributed by atoms with Crippen molar-refractivity contribution in [3.05, 3.63) is 11.1 Å². The zero-order chi connectivity index (χ0) is 20.0. The average molecular weight is 396 g/mol. The first-order valence-corrected chi connectivity index (χ1v) is 10.3. The lowest BCUT2D eigenvalue weighted by Crippen LogP contribution is -2.53. The number of amides is 1. The van der Waals surface area contributed by atoms with Crippen molar-refractivity contribution >= 4 is 23.5 Å². The zero-order valence-corrected chi connectivity index (χ0v) is 17.9. The Labute approximate surface area is 166 Å². The number of nitrogens with zero attached hydrogens (tertiary/aromatic N) is 1. The van der Waals surface area contributed by atoms with E-state index < -0.39 is 23.3 Å². The maximum absolute atomic E-state index is 13.8. The van der Waals surface area contributed by atoms with E-state index in [0.29, 0.717) is 18.1 Å². The van der Waals surface area contributed by atoms with Gasteiger partial charge in [0, 0.05) is 16.4 Å². The summed E-state index contributed by atoms with van der Waals surface area (Å²) in [6, 6.07) is -0.611. The van der Waals surface area contributed by atoms with Crippen molar-refractivity contribution in [2.75, 3.05) is 6.61 Å². The monoisotopic (exact) mass is 395 g/mol. The Morgan fingerprint density at radius 3 is 2.41 bits per heavy atom. The molecule has 4 aliphatic rings. The van der Waals surface area contributed by atoms with Crippen LogP contribution in [-0.4, -0.2) is 46.7 Å². The minimum atomic E-state index is -0.770. The molecule has 0 aromatic rings. The van der Waals surface area contributed by atoms with Gasteiger partial charge in [0.25, 0.3) is 0 Å². The van der Waals surface area contributed by atoms with Crippen molar-refractivity contribution in [3.63, 3.8) is 0 Å². The van der Waals surface area contributed by atoms with E-state index in [9.17, 15) is 9.59 Å². The topological polar surface area (TPSA) is 55.8 Å². The Bertz CT molecular complexity index is 727.